The molecule has 0 saturated heterocycles. The van der Waals surface area contributed by atoms with E-state index in [0.29, 0.717) is 24.8 Å². The van der Waals surface area contributed by atoms with Crippen molar-refractivity contribution in [3.8, 4) is 6.07 Å². The predicted molar refractivity (Wildman–Crippen MR) is 78.5 cm³/mol. The summed E-state index contributed by atoms with van der Waals surface area (Å²) in [6.45, 7) is 0.803. The lowest BCUT2D eigenvalue weighted by molar-refractivity contribution is -0.0195. The van der Waals surface area contributed by atoms with Crippen molar-refractivity contribution in [3.05, 3.63) is 29.8 Å². The molecule has 1 aromatic rings. The number of aliphatic hydroxyl groups excluding tert-OH is 1. The molecular formula is C16H22N2O2. The second-order valence-corrected chi connectivity index (χ2v) is 5.32. The molecule has 1 aliphatic carbocycles. The minimum Gasteiger partial charge on any atom is -0.389 e. The van der Waals surface area contributed by atoms with Crippen LogP contribution in [0.15, 0.2) is 24.3 Å². The summed E-state index contributed by atoms with van der Waals surface area (Å²) >= 11 is 0. The molecule has 1 fully saturated rings. The van der Waals surface area contributed by atoms with Crippen LogP contribution in [0.4, 0.5) is 5.69 Å². The van der Waals surface area contributed by atoms with Crippen molar-refractivity contribution in [3.63, 3.8) is 0 Å². The maximum Gasteiger partial charge on any atom is 0.0992 e. The standard InChI is InChI=1S/C16H22N2O2/c17-10-13-5-4-6-14(9-13)18-11-15(19)12-20-16-7-2-1-3-8-16/h4-6,9,15-16,18-19H,1-3,7-8,11-12H2. The Morgan fingerprint density at radius 1 is 1.35 bits per heavy atom. The lowest BCUT2D eigenvalue weighted by Crippen LogP contribution is -2.28. The first-order valence-electron chi connectivity index (χ1n) is 7.31. The zero-order valence-corrected chi connectivity index (χ0v) is 11.7. The number of aliphatic hydroxyl groups is 1. The van der Waals surface area contributed by atoms with E-state index in [1.807, 2.05) is 12.1 Å². The summed E-state index contributed by atoms with van der Waals surface area (Å²) in [7, 11) is 0. The van der Waals surface area contributed by atoms with Crippen LogP contribution in [0.1, 0.15) is 37.7 Å². The van der Waals surface area contributed by atoms with Crippen molar-refractivity contribution in [1.29, 1.82) is 5.26 Å². The minimum atomic E-state index is -0.525. The molecule has 4 heteroatoms. The number of anilines is 1. The highest BCUT2D eigenvalue weighted by atomic mass is 16.5. The normalized spacial score (nSPS) is 17.4. The van der Waals surface area contributed by atoms with Crippen LogP contribution in [0, 0.1) is 11.3 Å². The molecule has 0 heterocycles. The van der Waals surface area contributed by atoms with Crippen LogP contribution in [-0.2, 0) is 4.74 Å². The molecule has 1 atom stereocenters. The van der Waals surface area contributed by atoms with E-state index in [1.165, 1.54) is 19.3 Å². The number of ether oxygens (including phenoxy) is 1. The van der Waals surface area contributed by atoms with E-state index < -0.39 is 6.10 Å². The Labute approximate surface area is 120 Å². The molecule has 2 rings (SSSR count). The molecule has 0 bridgehead atoms. The number of hydrogen-bond donors (Lipinski definition) is 2. The summed E-state index contributed by atoms with van der Waals surface area (Å²) < 4.78 is 5.74. The maximum absolute atomic E-state index is 9.92. The van der Waals surface area contributed by atoms with Crippen molar-refractivity contribution in [2.75, 3.05) is 18.5 Å². The number of nitrogens with one attached hydrogen (secondary N) is 1. The third-order valence-corrected chi connectivity index (χ3v) is 3.61. The van der Waals surface area contributed by atoms with Crippen molar-refractivity contribution >= 4 is 5.69 Å². The van der Waals surface area contributed by atoms with E-state index in [0.717, 1.165) is 18.5 Å². The molecule has 0 amide bonds. The van der Waals surface area contributed by atoms with Gasteiger partial charge in [0.2, 0.25) is 0 Å². The Kier molecular flexibility index (Phi) is 5.85. The van der Waals surface area contributed by atoms with Gasteiger partial charge in [0.25, 0.3) is 0 Å². The predicted octanol–water partition coefficient (Wildman–Crippen LogP) is 2.68. The molecule has 0 radical (unpaired) electrons. The van der Waals surface area contributed by atoms with Crippen LogP contribution < -0.4 is 5.32 Å². The summed E-state index contributed by atoms with van der Waals surface area (Å²) in [5, 5.41) is 21.9. The Morgan fingerprint density at radius 2 is 2.15 bits per heavy atom. The summed E-state index contributed by atoms with van der Waals surface area (Å²) in [5.74, 6) is 0. The lowest BCUT2D eigenvalue weighted by Gasteiger charge is -2.23. The van der Waals surface area contributed by atoms with Crippen LogP contribution in [0.5, 0.6) is 0 Å². The quantitative estimate of drug-likeness (QED) is 0.837. The molecule has 2 N–H and O–H groups in total. The lowest BCUT2D eigenvalue weighted by atomic mass is 9.98. The third-order valence-electron chi connectivity index (χ3n) is 3.61. The maximum atomic E-state index is 9.92. The van der Waals surface area contributed by atoms with Gasteiger partial charge in [0, 0.05) is 12.2 Å². The van der Waals surface area contributed by atoms with E-state index in [-0.39, 0.29) is 0 Å². The second-order valence-electron chi connectivity index (χ2n) is 5.32. The Bertz CT molecular complexity index is 450. The number of benzene rings is 1. The van der Waals surface area contributed by atoms with Gasteiger partial charge in [0.15, 0.2) is 0 Å². The fourth-order valence-electron chi connectivity index (χ4n) is 2.47. The van der Waals surface area contributed by atoms with Crippen molar-refractivity contribution < 1.29 is 9.84 Å². The van der Waals surface area contributed by atoms with Gasteiger partial charge in [-0.25, -0.2) is 0 Å². The van der Waals surface area contributed by atoms with E-state index in [9.17, 15) is 5.11 Å². The first-order chi connectivity index (χ1) is 9.78. The van der Waals surface area contributed by atoms with Gasteiger partial charge in [-0.05, 0) is 31.0 Å². The average molecular weight is 274 g/mol. The van der Waals surface area contributed by atoms with Gasteiger partial charge in [0.05, 0.1) is 30.4 Å². The largest absolute Gasteiger partial charge is 0.389 e. The summed E-state index contributed by atoms with van der Waals surface area (Å²) in [6.07, 6.45) is 5.80. The monoisotopic (exact) mass is 274 g/mol. The summed E-state index contributed by atoms with van der Waals surface area (Å²) in [6, 6.07) is 9.34. The topological polar surface area (TPSA) is 65.3 Å². The fourth-order valence-corrected chi connectivity index (χ4v) is 2.47. The molecule has 0 aromatic heterocycles. The first kappa shape index (κ1) is 14.8. The molecule has 0 aliphatic heterocycles. The minimum absolute atomic E-state index is 0.320. The number of nitrogens with zero attached hydrogens (tertiary/aromatic N) is 1. The van der Waals surface area contributed by atoms with E-state index in [4.69, 9.17) is 10.00 Å². The molecule has 20 heavy (non-hydrogen) atoms. The van der Waals surface area contributed by atoms with Gasteiger partial charge >= 0.3 is 0 Å². The fraction of sp³-hybridized carbons (Fsp3) is 0.562. The van der Waals surface area contributed by atoms with Gasteiger partial charge in [0.1, 0.15) is 0 Å². The molecule has 1 aromatic carbocycles. The highest BCUT2D eigenvalue weighted by Gasteiger charge is 2.15. The highest BCUT2D eigenvalue weighted by molar-refractivity contribution is 5.49. The van der Waals surface area contributed by atoms with Gasteiger partial charge in [-0.15, -0.1) is 0 Å². The van der Waals surface area contributed by atoms with Gasteiger partial charge in [-0.3, -0.25) is 0 Å². The van der Waals surface area contributed by atoms with Gasteiger partial charge < -0.3 is 15.2 Å². The van der Waals surface area contributed by atoms with Crippen LogP contribution in [0.25, 0.3) is 0 Å². The Morgan fingerprint density at radius 3 is 2.90 bits per heavy atom. The SMILES string of the molecule is N#Cc1cccc(NCC(O)COC2CCCCC2)c1. The smallest absolute Gasteiger partial charge is 0.0992 e. The van der Waals surface area contributed by atoms with Crippen LogP contribution in [0.2, 0.25) is 0 Å². The molecule has 0 spiro atoms. The van der Waals surface area contributed by atoms with Crippen molar-refractivity contribution in [2.45, 2.75) is 44.3 Å². The third kappa shape index (κ3) is 4.84. The molecular weight excluding hydrogens is 252 g/mol. The van der Waals surface area contributed by atoms with Crippen LogP contribution in [-0.4, -0.2) is 30.5 Å². The number of nitriles is 1. The van der Waals surface area contributed by atoms with Crippen LogP contribution in [0.3, 0.4) is 0 Å². The zero-order valence-electron chi connectivity index (χ0n) is 11.7. The molecule has 1 aliphatic rings. The highest BCUT2D eigenvalue weighted by Crippen LogP contribution is 2.20. The summed E-state index contributed by atoms with van der Waals surface area (Å²) in [5.41, 5.74) is 1.46. The average Bonchev–Trinajstić information content (AvgIpc) is 2.52. The Hall–Kier alpha value is -1.57. The zero-order chi connectivity index (χ0) is 14.2. The van der Waals surface area contributed by atoms with Gasteiger partial charge in [-0.2, -0.15) is 5.26 Å². The van der Waals surface area contributed by atoms with E-state index >= 15 is 0 Å². The second kappa shape index (κ2) is 7.88. The van der Waals surface area contributed by atoms with Crippen LogP contribution >= 0.6 is 0 Å². The van der Waals surface area contributed by atoms with Crippen molar-refractivity contribution in [2.24, 2.45) is 0 Å². The van der Waals surface area contributed by atoms with E-state index in [2.05, 4.69) is 11.4 Å². The van der Waals surface area contributed by atoms with Crippen molar-refractivity contribution in [1.82, 2.24) is 0 Å². The first-order valence-corrected chi connectivity index (χ1v) is 7.31. The molecule has 1 unspecified atom stereocenters. The summed E-state index contributed by atoms with van der Waals surface area (Å²) in [4.78, 5) is 0. The molecule has 1 saturated carbocycles. The van der Waals surface area contributed by atoms with Gasteiger partial charge in [-0.1, -0.05) is 25.3 Å². The molecule has 108 valence electrons. The molecule has 4 nitrogen and oxygen atoms in total. The number of rotatable bonds is 6. The van der Waals surface area contributed by atoms with E-state index in [1.54, 1.807) is 12.1 Å². The Balaban J connectivity index is 1.68. The number of hydrogen-bond acceptors (Lipinski definition) is 4.